The Morgan fingerprint density at radius 2 is 1.67 bits per heavy atom. The number of hydrogen-bond acceptors (Lipinski definition) is 5. The maximum Gasteiger partial charge on any atom is 0.343 e. The van der Waals surface area contributed by atoms with Gasteiger partial charge in [0.15, 0.2) is 0 Å². The number of benzene rings is 3. The molecule has 3 aromatic carbocycles. The minimum Gasteiger partial charge on any atom is -0.480 e. The molecule has 3 rings (SSSR count). The van der Waals surface area contributed by atoms with Crippen molar-refractivity contribution in [2.45, 2.75) is 19.5 Å². The molecule has 6 nitrogen and oxygen atoms in total. The lowest BCUT2D eigenvalue weighted by Gasteiger charge is -2.13. The molecular formula is C24H23NO5. The molecule has 0 radical (unpaired) electrons. The van der Waals surface area contributed by atoms with Crippen molar-refractivity contribution < 1.29 is 24.5 Å². The third-order valence-corrected chi connectivity index (χ3v) is 4.81. The molecule has 3 N–H and O–H groups in total. The number of carbonyl (C=O) groups excluding carboxylic acids is 1. The summed E-state index contributed by atoms with van der Waals surface area (Å²) in [6, 6.07) is 21.1. The van der Waals surface area contributed by atoms with Crippen molar-refractivity contribution in [3.63, 3.8) is 0 Å². The van der Waals surface area contributed by atoms with Crippen LogP contribution in [0.5, 0.6) is 5.75 Å². The van der Waals surface area contributed by atoms with Gasteiger partial charge in [-0.3, -0.25) is 10.1 Å². The summed E-state index contributed by atoms with van der Waals surface area (Å²) < 4.78 is 5.52. The molecule has 6 heteroatoms. The highest BCUT2D eigenvalue weighted by Gasteiger charge is 2.16. The molecule has 0 aliphatic heterocycles. The van der Waals surface area contributed by atoms with E-state index in [0.717, 1.165) is 22.3 Å². The zero-order valence-corrected chi connectivity index (χ0v) is 16.5. The fraction of sp³-hybridized carbons (Fsp3) is 0.167. The van der Waals surface area contributed by atoms with Gasteiger partial charge in [-0.25, -0.2) is 4.79 Å². The molecule has 1 atom stereocenters. The molecule has 0 aromatic heterocycles. The first-order valence-corrected chi connectivity index (χ1v) is 9.53. The second-order valence-corrected chi connectivity index (χ2v) is 6.83. The summed E-state index contributed by atoms with van der Waals surface area (Å²) >= 11 is 0. The normalized spacial score (nSPS) is 11.7. The summed E-state index contributed by atoms with van der Waals surface area (Å²) in [5.41, 5.74) is 4.15. The molecule has 0 amide bonds. The van der Waals surface area contributed by atoms with Gasteiger partial charge >= 0.3 is 11.9 Å². The number of carbonyl (C=O) groups is 2. The summed E-state index contributed by atoms with van der Waals surface area (Å²) in [6.45, 7) is 1.67. The van der Waals surface area contributed by atoms with E-state index in [0.29, 0.717) is 11.3 Å². The Labute approximate surface area is 174 Å². The molecule has 0 saturated carbocycles. The summed E-state index contributed by atoms with van der Waals surface area (Å²) in [7, 11) is 0. The van der Waals surface area contributed by atoms with Crippen molar-refractivity contribution in [3.8, 4) is 16.9 Å². The highest BCUT2D eigenvalue weighted by atomic mass is 16.5. The molecule has 0 bridgehead atoms. The average molecular weight is 405 g/mol. The quantitative estimate of drug-likeness (QED) is 0.393. The van der Waals surface area contributed by atoms with Crippen LogP contribution < -0.4 is 10.1 Å². The first kappa shape index (κ1) is 21.2. The van der Waals surface area contributed by atoms with Crippen molar-refractivity contribution >= 4 is 11.9 Å². The molecule has 154 valence electrons. The first-order valence-electron chi connectivity index (χ1n) is 9.53. The predicted molar refractivity (Wildman–Crippen MR) is 113 cm³/mol. The van der Waals surface area contributed by atoms with E-state index in [1.165, 1.54) is 0 Å². The summed E-state index contributed by atoms with van der Waals surface area (Å²) in [5.74, 6) is -1.16. The molecule has 0 heterocycles. The summed E-state index contributed by atoms with van der Waals surface area (Å²) in [5, 5.41) is 20.7. The molecule has 0 spiro atoms. The Morgan fingerprint density at radius 1 is 0.967 bits per heavy atom. The standard InChI is InChI=1S/C24H23NO5/c1-16-20(18-6-3-2-4-7-18)8-5-9-21(16)24(29)30-19-12-10-17(11-13-19)14-25-22(15-26)23(27)28/h2-13,22,25-26H,14-15H2,1H3,(H,27,28)/t22-/m0/s1. The smallest absolute Gasteiger partial charge is 0.343 e. The van der Waals surface area contributed by atoms with Gasteiger partial charge in [0, 0.05) is 6.54 Å². The number of carboxylic acid groups (broad SMARTS) is 1. The van der Waals surface area contributed by atoms with Crippen LogP contribution in [-0.2, 0) is 11.3 Å². The molecular weight excluding hydrogens is 382 g/mol. The largest absolute Gasteiger partial charge is 0.480 e. The Kier molecular flexibility index (Phi) is 6.95. The maximum atomic E-state index is 12.7. The van der Waals surface area contributed by atoms with Crippen molar-refractivity contribution in [1.82, 2.24) is 5.32 Å². The van der Waals surface area contributed by atoms with Gasteiger partial charge in [0.05, 0.1) is 12.2 Å². The fourth-order valence-corrected chi connectivity index (χ4v) is 3.10. The SMILES string of the molecule is Cc1c(C(=O)Oc2ccc(CN[C@@H](CO)C(=O)O)cc2)cccc1-c1ccccc1. The lowest BCUT2D eigenvalue weighted by Crippen LogP contribution is -2.39. The molecule has 0 aliphatic carbocycles. The van der Waals surface area contributed by atoms with Gasteiger partial charge in [-0.05, 0) is 47.4 Å². The molecule has 0 saturated heterocycles. The van der Waals surface area contributed by atoms with E-state index in [4.69, 9.17) is 14.9 Å². The average Bonchev–Trinajstić information content (AvgIpc) is 2.76. The Balaban J connectivity index is 1.69. The van der Waals surface area contributed by atoms with Crippen molar-refractivity contribution in [3.05, 3.63) is 89.5 Å². The fourth-order valence-electron chi connectivity index (χ4n) is 3.10. The third kappa shape index (κ3) is 5.11. The van der Waals surface area contributed by atoms with E-state index >= 15 is 0 Å². The number of hydrogen-bond donors (Lipinski definition) is 3. The second-order valence-electron chi connectivity index (χ2n) is 6.83. The van der Waals surface area contributed by atoms with Crippen LogP contribution in [-0.4, -0.2) is 34.8 Å². The predicted octanol–water partition coefficient (Wildman–Crippen LogP) is 3.42. The van der Waals surface area contributed by atoms with Crippen LogP contribution in [0.25, 0.3) is 11.1 Å². The molecule has 0 aliphatic rings. The van der Waals surface area contributed by atoms with Crippen molar-refractivity contribution in [1.29, 1.82) is 0 Å². The minimum absolute atomic E-state index is 0.268. The number of aliphatic hydroxyl groups is 1. The lowest BCUT2D eigenvalue weighted by molar-refractivity contribution is -0.140. The van der Waals surface area contributed by atoms with Crippen LogP contribution >= 0.6 is 0 Å². The van der Waals surface area contributed by atoms with E-state index in [9.17, 15) is 9.59 Å². The molecule has 0 fully saturated rings. The Bertz CT molecular complexity index is 1020. The number of rotatable bonds is 8. The van der Waals surface area contributed by atoms with Crippen LogP contribution in [0.4, 0.5) is 0 Å². The van der Waals surface area contributed by atoms with E-state index in [2.05, 4.69) is 5.32 Å². The topological polar surface area (TPSA) is 95.9 Å². The molecule has 30 heavy (non-hydrogen) atoms. The highest BCUT2D eigenvalue weighted by Crippen LogP contribution is 2.26. The van der Waals surface area contributed by atoms with Gasteiger partial charge < -0.3 is 14.9 Å². The van der Waals surface area contributed by atoms with E-state index in [1.807, 2.05) is 49.4 Å². The lowest BCUT2D eigenvalue weighted by atomic mass is 9.96. The number of aliphatic hydroxyl groups excluding tert-OH is 1. The van der Waals surface area contributed by atoms with Gasteiger partial charge in [-0.2, -0.15) is 0 Å². The molecule has 3 aromatic rings. The van der Waals surface area contributed by atoms with Crippen LogP contribution in [0.3, 0.4) is 0 Å². The first-order chi connectivity index (χ1) is 14.5. The maximum absolute atomic E-state index is 12.7. The third-order valence-electron chi connectivity index (χ3n) is 4.81. The van der Waals surface area contributed by atoms with E-state index in [1.54, 1.807) is 30.3 Å². The van der Waals surface area contributed by atoms with Crippen LogP contribution in [0.2, 0.25) is 0 Å². The number of ether oxygens (including phenoxy) is 1. The minimum atomic E-state index is -1.11. The van der Waals surface area contributed by atoms with Crippen LogP contribution in [0.1, 0.15) is 21.5 Å². The van der Waals surface area contributed by atoms with Gasteiger partial charge in [0.25, 0.3) is 0 Å². The zero-order valence-electron chi connectivity index (χ0n) is 16.5. The number of esters is 1. The zero-order chi connectivity index (χ0) is 21.5. The number of carboxylic acids is 1. The highest BCUT2D eigenvalue weighted by molar-refractivity contribution is 5.94. The van der Waals surface area contributed by atoms with Gasteiger partial charge in [-0.15, -0.1) is 0 Å². The summed E-state index contributed by atoms with van der Waals surface area (Å²) in [4.78, 5) is 23.6. The van der Waals surface area contributed by atoms with Crippen LogP contribution in [0, 0.1) is 6.92 Å². The number of aliphatic carboxylic acids is 1. The monoisotopic (exact) mass is 405 g/mol. The van der Waals surface area contributed by atoms with Crippen LogP contribution in [0.15, 0.2) is 72.8 Å². The number of nitrogens with one attached hydrogen (secondary N) is 1. The summed E-state index contributed by atoms with van der Waals surface area (Å²) in [6.07, 6.45) is 0. The Morgan fingerprint density at radius 3 is 2.30 bits per heavy atom. The Hall–Kier alpha value is -3.48. The van der Waals surface area contributed by atoms with Crippen molar-refractivity contribution in [2.75, 3.05) is 6.61 Å². The van der Waals surface area contributed by atoms with E-state index in [-0.39, 0.29) is 6.54 Å². The van der Waals surface area contributed by atoms with Gasteiger partial charge in [-0.1, -0.05) is 54.6 Å². The molecule has 0 unspecified atom stereocenters. The van der Waals surface area contributed by atoms with E-state index < -0.39 is 24.6 Å². The van der Waals surface area contributed by atoms with Gasteiger partial charge in [0.1, 0.15) is 11.8 Å². The van der Waals surface area contributed by atoms with Gasteiger partial charge in [0.2, 0.25) is 0 Å². The second kappa shape index (κ2) is 9.82. The van der Waals surface area contributed by atoms with Crippen molar-refractivity contribution in [2.24, 2.45) is 0 Å².